The Bertz CT molecular complexity index is 836. The van der Waals surface area contributed by atoms with Gasteiger partial charge in [0.1, 0.15) is 11.8 Å². The largest absolute Gasteiger partial charge is 0.497 e. The van der Waals surface area contributed by atoms with Crippen LogP contribution in [0.25, 0.3) is 0 Å². The highest BCUT2D eigenvalue weighted by Crippen LogP contribution is 2.27. The molecule has 2 amide bonds. The normalized spacial score (nSPS) is 17.3. The van der Waals surface area contributed by atoms with Gasteiger partial charge < -0.3 is 15.0 Å². The van der Waals surface area contributed by atoms with Gasteiger partial charge in [-0.1, -0.05) is 24.3 Å². The third kappa shape index (κ3) is 4.34. The zero-order valence-corrected chi connectivity index (χ0v) is 15.5. The van der Waals surface area contributed by atoms with Crippen LogP contribution >= 0.6 is 0 Å². The van der Waals surface area contributed by atoms with Gasteiger partial charge in [-0.15, -0.1) is 0 Å². The standard InChI is InChI=1S/C21H23N3O3/c1-15(23-20(25)16-7-5-9-18(13-16)27-2)21(26)24-12-4-3-10-19(24)17-8-6-11-22-14-17/h3-9,11,13-15,19H,10,12H2,1-2H3,(H,23,25)/t15-,19?/m0/s1. The maximum absolute atomic E-state index is 13.0. The average molecular weight is 365 g/mol. The van der Waals surface area contributed by atoms with E-state index in [0.29, 0.717) is 17.9 Å². The molecular weight excluding hydrogens is 342 g/mol. The van der Waals surface area contributed by atoms with Gasteiger partial charge in [0.25, 0.3) is 5.91 Å². The number of methoxy groups -OCH3 is 1. The van der Waals surface area contributed by atoms with Crippen LogP contribution in [-0.4, -0.2) is 41.4 Å². The summed E-state index contributed by atoms with van der Waals surface area (Å²) < 4.78 is 5.15. The lowest BCUT2D eigenvalue weighted by Gasteiger charge is -2.35. The van der Waals surface area contributed by atoms with Gasteiger partial charge in [-0.25, -0.2) is 0 Å². The van der Waals surface area contributed by atoms with Crippen LogP contribution in [0.5, 0.6) is 5.75 Å². The van der Waals surface area contributed by atoms with Crippen molar-refractivity contribution in [1.29, 1.82) is 0 Å². The van der Waals surface area contributed by atoms with Crippen molar-refractivity contribution in [1.82, 2.24) is 15.2 Å². The molecule has 1 unspecified atom stereocenters. The number of rotatable bonds is 5. The highest BCUT2D eigenvalue weighted by molar-refractivity contribution is 5.97. The molecular formula is C21H23N3O3. The first-order valence-electron chi connectivity index (χ1n) is 8.90. The predicted octanol–water partition coefficient (Wildman–Crippen LogP) is 2.74. The third-order valence-corrected chi connectivity index (χ3v) is 4.61. The number of carbonyl (C=O) groups is 2. The monoisotopic (exact) mass is 365 g/mol. The second kappa shape index (κ2) is 8.49. The maximum Gasteiger partial charge on any atom is 0.252 e. The van der Waals surface area contributed by atoms with Crippen LogP contribution in [0.15, 0.2) is 60.9 Å². The first-order chi connectivity index (χ1) is 13.1. The first kappa shape index (κ1) is 18.6. The zero-order valence-electron chi connectivity index (χ0n) is 15.5. The summed E-state index contributed by atoms with van der Waals surface area (Å²) in [6.45, 7) is 2.22. The van der Waals surface area contributed by atoms with E-state index in [4.69, 9.17) is 4.74 Å². The summed E-state index contributed by atoms with van der Waals surface area (Å²) in [7, 11) is 1.55. The molecule has 2 aromatic rings. The SMILES string of the molecule is COc1cccc(C(=O)N[C@@H](C)C(=O)N2CC=CCC2c2cccnc2)c1. The highest BCUT2D eigenvalue weighted by Gasteiger charge is 2.30. The summed E-state index contributed by atoms with van der Waals surface area (Å²) in [5, 5.41) is 2.79. The van der Waals surface area contributed by atoms with Crippen LogP contribution in [0.2, 0.25) is 0 Å². The molecule has 1 aromatic heterocycles. The van der Waals surface area contributed by atoms with Crippen molar-refractivity contribution in [2.24, 2.45) is 0 Å². The molecule has 140 valence electrons. The number of carbonyl (C=O) groups excluding carboxylic acids is 2. The first-order valence-corrected chi connectivity index (χ1v) is 8.90. The van der Waals surface area contributed by atoms with Crippen molar-refractivity contribution in [3.8, 4) is 5.75 Å². The molecule has 0 aliphatic carbocycles. The molecule has 1 aliphatic heterocycles. The van der Waals surface area contributed by atoms with Crippen LogP contribution < -0.4 is 10.1 Å². The molecule has 0 saturated heterocycles. The van der Waals surface area contributed by atoms with Crippen LogP contribution in [-0.2, 0) is 4.79 Å². The molecule has 1 N–H and O–H groups in total. The second-order valence-corrected chi connectivity index (χ2v) is 6.43. The lowest BCUT2D eigenvalue weighted by molar-refractivity contribution is -0.135. The van der Waals surface area contributed by atoms with E-state index in [2.05, 4.69) is 16.4 Å². The molecule has 1 aliphatic rings. The minimum atomic E-state index is -0.644. The molecule has 0 radical (unpaired) electrons. The Kier molecular flexibility index (Phi) is 5.86. The van der Waals surface area contributed by atoms with Crippen LogP contribution in [0.3, 0.4) is 0 Å². The summed E-state index contributed by atoms with van der Waals surface area (Å²) >= 11 is 0. The molecule has 0 spiro atoms. The second-order valence-electron chi connectivity index (χ2n) is 6.43. The molecule has 6 nitrogen and oxygen atoms in total. The summed E-state index contributed by atoms with van der Waals surface area (Å²) in [5.74, 6) is 0.170. The Morgan fingerprint density at radius 1 is 1.26 bits per heavy atom. The fourth-order valence-electron chi connectivity index (χ4n) is 3.16. The summed E-state index contributed by atoms with van der Waals surface area (Å²) in [6, 6.07) is 9.96. The number of hydrogen-bond acceptors (Lipinski definition) is 4. The fraction of sp³-hybridized carbons (Fsp3) is 0.286. The minimum Gasteiger partial charge on any atom is -0.497 e. The molecule has 2 atom stereocenters. The van der Waals surface area contributed by atoms with E-state index in [9.17, 15) is 9.59 Å². The average Bonchev–Trinajstić information content (AvgIpc) is 2.73. The molecule has 3 rings (SSSR count). The van der Waals surface area contributed by atoms with Crippen LogP contribution in [0, 0.1) is 0 Å². The lowest BCUT2D eigenvalue weighted by Crippen LogP contribution is -2.48. The van der Waals surface area contributed by atoms with Crippen molar-refractivity contribution >= 4 is 11.8 Å². The maximum atomic E-state index is 13.0. The van der Waals surface area contributed by atoms with E-state index in [1.807, 2.05) is 18.2 Å². The number of benzene rings is 1. The van der Waals surface area contributed by atoms with E-state index >= 15 is 0 Å². The number of nitrogens with zero attached hydrogens (tertiary/aromatic N) is 2. The van der Waals surface area contributed by atoms with Gasteiger partial charge in [-0.2, -0.15) is 0 Å². The van der Waals surface area contributed by atoms with Gasteiger partial charge in [0.2, 0.25) is 5.91 Å². The van der Waals surface area contributed by atoms with Gasteiger partial charge in [0, 0.05) is 24.5 Å². The molecule has 0 fully saturated rings. The van der Waals surface area contributed by atoms with Crippen molar-refractivity contribution in [2.75, 3.05) is 13.7 Å². The van der Waals surface area contributed by atoms with E-state index in [-0.39, 0.29) is 17.9 Å². The molecule has 0 saturated carbocycles. The predicted molar refractivity (Wildman–Crippen MR) is 102 cm³/mol. The topological polar surface area (TPSA) is 71.5 Å². The number of ether oxygens (including phenoxy) is 1. The smallest absolute Gasteiger partial charge is 0.252 e. The summed E-state index contributed by atoms with van der Waals surface area (Å²) in [4.78, 5) is 31.4. The molecule has 6 heteroatoms. The van der Waals surface area contributed by atoms with E-state index < -0.39 is 6.04 Å². The number of aromatic nitrogens is 1. The third-order valence-electron chi connectivity index (χ3n) is 4.61. The van der Waals surface area contributed by atoms with Crippen molar-refractivity contribution in [3.63, 3.8) is 0 Å². The molecule has 2 heterocycles. The Morgan fingerprint density at radius 2 is 2.11 bits per heavy atom. The lowest BCUT2D eigenvalue weighted by atomic mass is 9.99. The summed E-state index contributed by atoms with van der Waals surface area (Å²) in [5.41, 5.74) is 1.44. The van der Waals surface area contributed by atoms with Gasteiger partial charge in [-0.05, 0) is 43.2 Å². The van der Waals surface area contributed by atoms with Gasteiger partial charge in [-0.3, -0.25) is 14.6 Å². The van der Waals surface area contributed by atoms with Crippen molar-refractivity contribution < 1.29 is 14.3 Å². The van der Waals surface area contributed by atoms with Crippen molar-refractivity contribution in [3.05, 3.63) is 72.1 Å². The highest BCUT2D eigenvalue weighted by atomic mass is 16.5. The van der Waals surface area contributed by atoms with Crippen molar-refractivity contribution in [2.45, 2.75) is 25.4 Å². The Labute approximate surface area is 158 Å². The van der Waals surface area contributed by atoms with E-state index in [1.54, 1.807) is 55.6 Å². The fourth-order valence-corrected chi connectivity index (χ4v) is 3.16. The van der Waals surface area contributed by atoms with Gasteiger partial charge in [0.15, 0.2) is 0 Å². The molecule has 1 aromatic carbocycles. The Hall–Kier alpha value is -3.15. The quantitative estimate of drug-likeness (QED) is 0.827. The van der Waals surface area contributed by atoms with E-state index in [0.717, 1.165) is 12.0 Å². The van der Waals surface area contributed by atoms with Gasteiger partial charge in [0.05, 0.1) is 13.2 Å². The number of hydrogen-bond donors (Lipinski definition) is 1. The zero-order chi connectivity index (χ0) is 19.2. The van der Waals surface area contributed by atoms with Crippen LogP contribution in [0.1, 0.15) is 35.3 Å². The minimum absolute atomic E-state index is 0.0765. The number of pyridine rings is 1. The number of nitrogens with one attached hydrogen (secondary N) is 1. The molecule has 0 bridgehead atoms. The van der Waals surface area contributed by atoms with Crippen LogP contribution in [0.4, 0.5) is 0 Å². The van der Waals surface area contributed by atoms with Gasteiger partial charge >= 0.3 is 0 Å². The Balaban J connectivity index is 1.71. The molecule has 27 heavy (non-hydrogen) atoms. The summed E-state index contributed by atoms with van der Waals surface area (Å²) in [6.07, 6.45) is 8.27. The Morgan fingerprint density at radius 3 is 2.85 bits per heavy atom. The van der Waals surface area contributed by atoms with E-state index in [1.165, 1.54) is 0 Å². The number of amides is 2.